The molecule has 16 heavy (non-hydrogen) atoms. The molecule has 0 spiro atoms. The lowest BCUT2D eigenvalue weighted by Crippen LogP contribution is -2.16. The fourth-order valence-electron chi connectivity index (χ4n) is 1.67. The van der Waals surface area contributed by atoms with Gasteiger partial charge in [-0.25, -0.2) is 0 Å². The van der Waals surface area contributed by atoms with E-state index in [4.69, 9.17) is 0 Å². The molecule has 0 aliphatic heterocycles. The predicted molar refractivity (Wildman–Crippen MR) is 59.9 cm³/mol. The Morgan fingerprint density at radius 1 is 1.25 bits per heavy atom. The molecular weight excluding hydrogens is 202 g/mol. The molecule has 0 N–H and O–H groups in total. The standard InChI is InChI=1S/C12H13N3O/c1-10(16)9-12(15-13-7-8-14-15)11-5-3-2-4-6-11/h2-8,12H,9H2,1H3. The average molecular weight is 215 g/mol. The molecule has 0 saturated carbocycles. The van der Waals surface area contributed by atoms with Gasteiger partial charge < -0.3 is 0 Å². The second-order valence-electron chi connectivity index (χ2n) is 3.68. The average Bonchev–Trinajstić information content (AvgIpc) is 2.80. The molecule has 0 saturated heterocycles. The lowest BCUT2D eigenvalue weighted by Gasteiger charge is -2.14. The van der Waals surface area contributed by atoms with Gasteiger partial charge in [-0.2, -0.15) is 15.0 Å². The first kappa shape index (κ1) is 10.5. The van der Waals surface area contributed by atoms with E-state index in [2.05, 4.69) is 10.2 Å². The van der Waals surface area contributed by atoms with Crippen molar-refractivity contribution < 1.29 is 4.79 Å². The summed E-state index contributed by atoms with van der Waals surface area (Å²) in [6.07, 6.45) is 3.66. The van der Waals surface area contributed by atoms with Crippen molar-refractivity contribution in [2.24, 2.45) is 0 Å². The van der Waals surface area contributed by atoms with Crippen molar-refractivity contribution in [3.8, 4) is 0 Å². The third kappa shape index (κ3) is 2.34. The van der Waals surface area contributed by atoms with Crippen LogP contribution in [0, 0.1) is 0 Å². The Morgan fingerprint density at radius 3 is 2.44 bits per heavy atom. The number of nitrogens with zero attached hydrogens (tertiary/aromatic N) is 3. The molecule has 0 aliphatic carbocycles. The minimum absolute atomic E-state index is 0.103. The Hall–Kier alpha value is -1.97. The van der Waals surface area contributed by atoms with Gasteiger partial charge >= 0.3 is 0 Å². The van der Waals surface area contributed by atoms with E-state index in [1.807, 2.05) is 30.3 Å². The number of hydrogen-bond donors (Lipinski definition) is 0. The number of benzene rings is 1. The summed E-state index contributed by atoms with van der Waals surface area (Å²) < 4.78 is 0. The maximum absolute atomic E-state index is 11.3. The van der Waals surface area contributed by atoms with E-state index in [9.17, 15) is 4.79 Å². The van der Waals surface area contributed by atoms with Crippen LogP contribution >= 0.6 is 0 Å². The third-order valence-electron chi connectivity index (χ3n) is 2.38. The molecular formula is C12H13N3O. The van der Waals surface area contributed by atoms with Crippen molar-refractivity contribution in [2.75, 3.05) is 0 Å². The Kier molecular flexibility index (Phi) is 3.10. The summed E-state index contributed by atoms with van der Waals surface area (Å²) in [5, 5.41) is 8.20. The lowest BCUT2D eigenvalue weighted by molar-refractivity contribution is -0.117. The van der Waals surface area contributed by atoms with Gasteiger partial charge in [-0.3, -0.25) is 4.79 Å². The highest BCUT2D eigenvalue weighted by Crippen LogP contribution is 2.19. The topological polar surface area (TPSA) is 47.8 Å². The van der Waals surface area contributed by atoms with Crippen molar-refractivity contribution in [3.63, 3.8) is 0 Å². The number of rotatable bonds is 4. The molecule has 2 rings (SSSR count). The van der Waals surface area contributed by atoms with Crippen molar-refractivity contribution in [3.05, 3.63) is 48.3 Å². The number of ketones is 1. The van der Waals surface area contributed by atoms with Gasteiger partial charge in [0.1, 0.15) is 11.8 Å². The quantitative estimate of drug-likeness (QED) is 0.782. The number of carbonyl (C=O) groups is 1. The first-order valence-corrected chi connectivity index (χ1v) is 5.17. The molecule has 1 aromatic heterocycles. The van der Waals surface area contributed by atoms with Crippen LogP contribution in [0.5, 0.6) is 0 Å². The van der Waals surface area contributed by atoms with Gasteiger partial charge in [0.2, 0.25) is 0 Å². The van der Waals surface area contributed by atoms with Crippen LogP contribution in [0.1, 0.15) is 24.9 Å². The Balaban J connectivity index is 2.32. The summed E-state index contributed by atoms with van der Waals surface area (Å²) >= 11 is 0. The number of hydrogen-bond acceptors (Lipinski definition) is 3. The Labute approximate surface area is 93.9 Å². The van der Waals surface area contributed by atoms with Crippen LogP contribution in [0.25, 0.3) is 0 Å². The van der Waals surface area contributed by atoms with Gasteiger partial charge in [0.05, 0.1) is 12.4 Å². The van der Waals surface area contributed by atoms with E-state index in [0.29, 0.717) is 6.42 Å². The molecule has 4 nitrogen and oxygen atoms in total. The molecule has 2 aromatic rings. The fraction of sp³-hybridized carbons (Fsp3) is 0.250. The third-order valence-corrected chi connectivity index (χ3v) is 2.38. The summed E-state index contributed by atoms with van der Waals surface area (Å²) in [6, 6.07) is 9.71. The molecule has 1 aromatic carbocycles. The minimum Gasteiger partial charge on any atom is -0.300 e. The van der Waals surface area contributed by atoms with Crippen LogP contribution in [-0.2, 0) is 4.79 Å². The van der Waals surface area contributed by atoms with Gasteiger partial charge in [0.25, 0.3) is 0 Å². The number of carbonyl (C=O) groups excluding carboxylic acids is 1. The second-order valence-corrected chi connectivity index (χ2v) is 3.68. The molecule has 82 valence electrons. The zero-order valence-corrected chi connectivity index (χ0v) is 9.08. The highest BCUT2D eigenvalue weighted by atomic mass is 16.1. The SMILES string of the molecule is CC(=O)CC(c1ccccc1)n1nccn1. The van der Waals surface area contributed by atoms with Crippen LogP contribution in [0.2, 0.25) is 0 Å². The van der Waals surface area contributed by atoms with Gasteiger partial charge in [-0.15, -0.1) is 0 Å². The number of Topliss-reactive ketones (excluding diaryl/α,β-unsaturated/α-hetero) is 1. The monoisotopic (exact) mass is 215 g/mol. The van der Waals surface area contributed by atoms with Gasteiger partial charge in [-0.1, -0.05) is 30.3 Å². The minimum atomic E-state index is -0.103. The highest BCUT2D eigenvalue weighted by Gasteiger charge is 2.16. The summed E-state index contributed by atoms with van der Waals surface area (Å²) in [5.74, 6) is 0.131. The summed E-state index contributed by atoms with van der Waals surface area (Å²) in [7, 11) is 0. The van der Waals surface area contributed by atoms with E-state index in [0.717, 1.165) is 5.56 Å². The first-order chi connectivity index (χ1) is 7.77. The second kappa shape index (κ2) is 4.70. The molecule has 1 heterocycles. The van der Waals surface area contributed by atoms with Crippen LogP contribution < -0.4 is 0 Å². The van der Waals surface area contributed by atoms with Crippen molar-refractivity contribution in [1.29, 1.82) is 0 Å². The molecule has 0 fully saturated rings. The molecule has 1 unspecified atom stereocenters. The smallest absolute Gasteiger partial charge is 0.132 e. The summed E-state index contributed by atoms with van der Waals surface area (Å²) in [6.45, 7) is 1.58. The van der Waals surface area contributed by atoms with Crippen molar-refractivity contribution in [2.45, 2.75) is 19.4 Å². The summed E-state index contributed by atoms with van der Waals surface area (Å²) in [5.41, 5.74) is 1.05. The van der Waals surface area contributed by atoms with Crippen molar-refractivity contribution >= 4 is 5.78 Å². The largest absolute Gasteiger partial charge is 0.300 e. The molecule has 0 radical (unpaired) electrons. The highest BCUT2D eigenvalue weighted by molar-refractivity contribution is 5.76. The van der Waals surface area contributed by atoms with E-state index in [1.165, 1.54) is 0 Å². The van der Waals surface area contributed by atoms with Crippen molar-refractivity contribution in [1.82, 2.24) is 15.0 Å². The van der Waals surface area contributed by atoms with E-state index >= 15 is 0 Å². The summed E-state index contributed by atoms with van der Waals surface area (Å²) in [4.78, 5) is 12.8. The molecule has 0 aliphatic rings. The predicted octanol–water partition coefficient (Wildman–Crippen LogP) is 1.85. The number of aromatic nitrogens is 3. The van der Waals surface area contributed by atoms with Gasteiger partial charge in [-0.05, 0) is 12.5 Å². The van der Waals surface area contributed by atoms with Gasteiger partial charge in [0.15, 0.2) is 0 Å². The van der Waals surface area contributed by atoms with E-state index in [1.54, 1.807) is 24.1 Å². The van der Waals surface area contributed by atoms with Crippen LogP contribution in [0.3, 0.4) is 0 Å². The zero-order chi connectivity index (χ0) is 11.4. The molecule has 0 bridgehead atoms. The van der Waals surface area contributed by atoms with Gasteiger partial charge in [0, 0.05) is 6.42 Å². The molecule has 1 atom stereocenters. The maximum atomic E-state index is 11.3. The molecule has 4 heteroatoms. The molecule has 0 amide bonds. The van der Waals surface area contributed by atoms with Crippen LogP contribution in [-0.4, -0.2) is 20.8 Å². The fourth-order valence-corrected chi connectivity index (χ4v) is 1.67. The first-order valence-electron chi connectivity index (χ1n) is 5.17. The van der Waals surface area contributed by atoms with Crippen LogP contribution in [0.4, 0.5) is 0 Å². The zero-order valence-electron chi connectivity index (χ0n) is 9.08. The normalized spacial score (nSPS) is 12.3. The van der Waals surface area contributed by atoms with Crippen LogP contribution in [0.15, 0.2) is 42.7 Å². The lowest BCUT2D eigenvalue weighted by atomic mass is 10.0. The van der Waals surface area contributed by atoms with E-state index < -0.39 is 0 Å². The Bertz CT molecular complexity index is 450. The Morgan fingerprint density at radius 2 is 1.88 bits per heavy atom. The van der Waals surface area contributed by atoms with E-state index in [-0.39, 0.29) is 11.8 Å². The maximum Gasteiger partial charge on any atom is 0.132 e.